The highest BCUT2D eigenvalue weighted by Gasteiger charge is 2.33. The lowest BCUT2D eigenvalue weighted by molar-refractivity contribution is -0.137. The number of carbonyl (C=O) groups excluding carboxylic acids is 1. The Balaban J connectivity index is 2.45. The number of aryl methyl sites for hydroxylation is 1. The summed E-state index contributed by atoms with van der Waals surface area (Å²) >= 11 is 0. The molecule has 1 N–H and O–H groups in total. The number of halogens is 3. The van der Waals surface area contributed by atoms with Crippen molar-refractivity contribution in [1.29, 1.82) is 0 Å². The summed E-state index contributed by atoms with van der Waals surface area (Å²) in [5.74, 6) is 4.14. The Hall–Kier alpha value is -3.34. The molecule has 0 aliphatic carbocycles. The van der Waals surface area contributed by atoms with E-state index in [1.54, 1.807) is 13.0 Å². The molecule has 0 aliphatic heterocycles. The third-order valence-corrected chi connectivity index (χ3v) is 3.95. The van der Waals surface area contributed by atoms with Crippen molar-refractivity contribution in [3.63, 3.8) is 0 Å². The predicted octanol–water partition coefficient (Wildman–Crippen LogP) is 4.69. The molecule has 0 aliphatic rings. The van der Waals surface area contributed by atoms with Crippen molar-refractivity contribution < 1.29 is 27.8 Å². The Bertz CT molecular complexity index is 959. The summed E-state index contributed by atoms with van der Waals surface area (Å²) in [6, 6.07) is 7.38. The Morgan fingerprint density at radius 1 is 1.14 bits per heavy atom. The molecule has 29 heavy (non-hydrogen) atoms. The summed E-state index contributed by atoms with van der Waals surface area (Å²) in [5.41, 5.74) is -0.0265. The summed E-state index contributed by atoms with van der Waals surface area (Å²) in [6.45, 7) is 1.93. The summed E-state index contributed by atoms with van der Waals surface area (Å²) in [4.78, 5) is 22.3. The predicted molar refractivity (Wildman–Crippen MR) is 100 cm³/mol. The molecule has 0 radical (unpaired) electrons. The van der Waals surface area contributed by atoms with Gasteiger partial charge in [-0.25, -0.2) is 4.79 Å². The highest BCUT2D eigenvalue weighted by Crippen LogP contribution is 2.33. The van der Waals surface area contributed by atoms with Gasteiger partial charge in [-0.2, -0.15) is 18.1 Å². The summed E-state index contributed by atoms with van der Waals surface area (Å²) in [6.07, 6.45) is -3.91. The Kier molecular flexibility index (Phi) is 7.37. The SMILES string of the molecule is CCOC(=O)c1ccc(C#Cc2ccc(O)cc2C(F)(F)F)c(CCCN=O)c1. The van der Waals surface area contributed by atoms with Crippen LogP contribution in [0.15, 0.2) is 41.6 Å². The first-order chi connectivity index (χ1) is 13.8. The van der Waals surface area contributed by atoms with Gasteiger partial charge in [-0.3, -0.25) is 0 Å². The van der Waals surface area contributed by atoms with Crippen LogP contribution in [0.2, 0.25) is 0 Å². The quantitative estimate of drug-likeness (QED) is 0.328. The second-order valence-corrected chi connectivity index (χ2v) is 6.03. The van der Waals surface area contributed by atoms with Gasteiger partial charge in [0.2, 0.25) is 0 Å². The van der Waals surface area contributed by atoms with Crippen molar-refractivity contribution in [2.24, 2.45) is 5.18 Å². The fourth-order valence-corrected chi connectivity index (χ4v) is 2.61. The normalized spacial score (nSPS) is 10.8. The van der Waals surface area contributed by atoms with E-state index in [1.165, 1.54) is 12.1 Å². The maximum absolute atomic E-state index is 13.2. The average Bonchev–Trinajstić information content (AvgIpc) is 2.67. The van der Waals surface area contributed by atoms with Gasteiger partial charge >= 0.3 is 12.1 Å². The number of hydrogen-bond acceptors (Lipinski definition) is 5. The molecule has 0 saturated heterocycles. The van der Waals surface area contributed by atoms with E-state index in [0.717, 1.165) is 12.1 Å². The summed E-state index contributed by atoms with van der Waals surface area (Å²) in [5, 5.41) is 12.1. The number of esters is 1. The van der Waals surface area contributed by atoms with Gasteiger partial charge in [-0.1, -0.05) is 17.0 Å². The van der Waals surface area contributed by atoms with Crippen molar-refractivity contribution in [3.8, 4) is 17.6 Å². The molecule has 5 nitrogen and oxygen atoms in total. The molecule has 0 unspecified atom stereocenters. The lowest BCUT2D eigenvalue weighted by Crippen LogP contribution is -2.07. The number of carbonyl (C=O) groups is 1. The fourth-order valence-electron chi connectivity index (χ4n) is 2.61. The van der Waals surface area contributed by atoms with Crippen molar-refractivity contribution in [2.75, 3.05) is 13.2 Å². The number of phenols is 1. The van der Waals surface area contributed by atoms with Gasteiger partial charge < -0.3 is 9.84 Å². The average molecular weight is 405 g/mol. The van der Waals surface area contributed by atoms with Gasteiger partial charge in [0.25, 0.3) is 0 Å². The monoisotopic (exact) mass is 405 g/mol. The standard InChI is InChI=1S/C21H18F3NO4/c1-2-29-20(27)17-8-6-14(16(12-17)4-3-11-25-28)5-7-15-9-10-18(26)13-19(15)21(22,23)24/h6,8-10,12-13,26H,2-4,11H2,1H3. The van der Waals surface area contributed by atoms with Crippen LogP contribution in [0.25, 0.3) is 0 Å². The van der Waals surface area contributed by atoms with Gasteiger partial charge in [-0.05, 0) is 61.7 Å². The van der Waals surface area contributed by atoms with E-state index in [1.807, 2.05) is 0 Å². The maximum atomic E-state index is 13.2. The lowest BCUT2D eigenvalue weighted by Gasteiger charge is -2.10. The molecule has 152 valence electrons. The van der Waals surface area contributed by atoms with E-state index in [0.29, 0.717) is 30.0 Å². The molecule has 2 aromatic rings. The van der Waals surface area contributed by atoms with Crippen LogP contribution >= 0.6 is 0 Å². The summed E-state index contributed by atoms with van der Waals surface area (Å²) < 4.78 is 44.5. The van der Waals surface area contributed by atoms with E-state index in [9.17, 15) is 28.0 Å². The molecular formula is C21H18F3NO4. The highest BCUT2D eigenvalue weighted by atomic mass is 19.4. The first-order valence-electron chi connectivity index (χ1n) is 8.77. The van der Waals surface area contributed by atoms with Crippen molar-refractivity contribution in [3.05, 3.63) is 69.1 Å². The van der Waals surface area contributed by atoms with Crippen LogP contribution in [-0.4, -0.2) is 24.2 Å². The second kappa shape index (κ2) is 9.73. The molecule has 0 fully saturated rings. The molecule has 0 amide bonds. The molecule has 0 spiro atoms. The molecule has 0 bridgehead atoms. The largest absolute Gasteiger partial charge is 0.508 e. The molecule has 0 atom stereocenters. The number of ether oxygens (including phenoxy) is 1. The third kappa shape index (κ3) is 6.07. The zero-order valence-corrected chi connectivity index (χ0v) is 15.5. The lowest BCUT2D eigenvalue weighted by atomic mass is 9.99. The Morgan fingerprint density at radius 3 is 2.48 bits per heavy atom. The number of aromatic hydroxyl groups is 1. The smallest absolute Gasteiger partial charge is 0.417 e. The van der Waals surface area contributed by atoms with Crippen molar-refractivity contribution in [2.45, 2.75) is 25.9 Å². The number of hydrogen-bond donors (Lipinski definition) is 1. The van der Waals surface area contributed by atoms with Gasteiger partial charge in [-0.15, -0.1) is 0 Å². The summed E-state index contributed by atoms with van der Waals surface area (Å²) in [7, 11) is 0. The molecule has 2 aromatic carbocycles. The number of rotatable bonds is 6. The third-order valence-electron chi connectivity index (χ3n) is 3.95. The van der Waals surface area contributed by atoms with Crippen LogP contribution in [-0.2, 0) is 17.3 Å². The molecule has 0 aromatic heterocycles. The zero-order valence-electron chi connectivity index (χ0n) is 15.5. The molecule has 8 heteroatoms. The molecule has 2 rings (SSSR count). The first kappa shape index (κ1) is 22.0. The van der Waals surface area contributed by atoms with Gasteiger partial charge in [0, 0.05) is 11.1 Å². The van der Waals surface area contributed by atoms with Crippen LogP contribution in [0, 0.1) is 16.7 Å². The van der Waals surface area contributed by atoms with Crippen LogP contribution < -0.4 is 0 Å². The Morgan fingerprint density at radius 2 is 1.83 bits per heavy atom. The van der Waals surface area contributed by atoms with Gasteiger partial charge in [0.1, 0.15) is 5.75 Å². The fraction of sp³-hybridized carbons (Fsp3) is 0.286. The number of benzene rings is 2. The molecule has 0 heterocycles. The molecular weight excluding hydrogens is 387 g/mol. The number of nitroso groups, excluding NO2 is 1. The minimum absolute atomic E-state index is 0.0622. The van der Waals surface area contributed by atoms with E-state index >= 15 is 0 Å². The highest BCUT2D eigenvalue weighted by molar-refractivity contribution is 5.89. The van der Waals surface area contributed by atoms with Crippen LogP contribution in [0.1, 0.15) is 46.0 Å². The van der Waals surface area contributed by atoms with Crippen LogP contribution in [0.4, 0.5) is 13.2 Å². The second-order valence-electron chi connectivity index (χ2n) is 6.03. The van der Waals surface area contributed by atoms with Crippen LogP contribution in [0.5, 0.6) is 5.75 Å². The van der Waals surface area contributed by atoms with Crippen LogP contribution in [0.3, 0.4) is 0 Å². The van der Waals surface area contributed by atoms with E-state index in [2.05, 4.69) is 17.0 Å². The van der Waals surface area contributed by atoms with E-state index in [-0.39, 0.29) is 24.3 Å². The van der Waals surface area contributed by atoms with Crippen molar-refractivity contribution in [1.82, 2.24) is 0 Å². The van der Waals surface area contributed by atoms with Gasteiger partial charge in [0.05, 0.1) is 24.3 Å². The zero-order chi connectivity index (χ0) is 21.4. The number of phenolic OH excluding ortho intramolecular Hbond substituents is 1. The minimum atomic E-state index is -4.67. The van der Waals surface area contributed by atoms with E-state index in [4.69, 9.17) is 4.74 Å². The first-order valence-corrected chi connectivity index (χ1v) is 8.77. The van der Waals surface area contributed by atoms with Crippen molar-refractivity contribution >= 4 is 5.97 Å². The van der Waals surface area contributed by atoms with Gasteiger partial charge in [0.15, 0.2) is 0 Å². The Labute approximate surface area is 165 Å². The number of alkyl halides is 3. The van der Waals surface area contributed by atoms with E-state index < -0.39 is 23.5 Å². The topological polar surface area (TPSA) is 76.0 Å². The molecule has 0 saturated carbocycles. The minimum Gasteiger partial charge on any atom is -0.508 e. The number of nitrogens with zero attached hydrogens (tertiary/aromatic N) is 1. The maximum Gasteiger partial charge on any atom is 0.417 e.